The highest BCUT2D eigenvalue weighted by Crippen LogP contribution is 2.54. The minimum Gasteiger partial charge on any atom is -0.415 e. The molecule has 2 unspecified atom stereocenters. The van der Waals surface area contributed by atoms with E-state index in [-0.39, 0.29) is 18.3 Å². The predicted molar refractivity (Wildman–Crippen MR) is 148 cm³/mol. The number of alkyl halides is 1. The van der Waals surface area contributed by atoms with Gasteiger partial charge in [0.1, 0.15) is 17.1 Å². The number of hydrogen-bond donors (Lipinski definition) is 2. The lowest BCUT2D eigenvalue weighted by Gasteiger charge is -2.35. The fourth-order valence-electron chi connectivity index (χ4n) is 5.84. The van der Waals surface area contributed by atoms with Crippen LogP contribution in [0.25, 0.3) is 23.0 Å². The van der Waals surface area contributed by atoms with Gasteiger partial charge in [-0.2, -0.15) is 0 Å². The number of piperidine rings is 2. The monoisotopic (exact) mass is 571 g/mol. The zero-order valence-corrected chi connectivity index (χ0v) is 23.3. The van der Waals surface area contributed by atoms with Gasteiger partial charge in [-0.3, -0.25) is 0 Å². The molecule has 3 aliphatic rings. The molecule has 2 aliphatic heterocycles. The highest BCUT2D eigenvalue weighted by Gasteiger charge is 2.44. The number of aliphatic hydroxyl groups is 1. The van der Waals surface area contributed by atoms with E-state index in [1.807, 2.05) is 11.8 Å². The summed E-state index contributed by atoms with van der Waals surface area (Å²) in [7, 11) is -4.02. The largest absolute Gasteiger partial charge is 0.415 e. The number of sulfonamides is 1. The Morgan fingerprint density at radius 1 is 1.10 bits per heavy atom. The number of anilines is 2. The number of hydrogen-bond acceptors (Lipinski definition) is 10. The number of rotatable bonds is 7. The van der Waals surface area contributed by atoms with Crippen LogP contribution in [0.5, 0.6) is 0 Å². The summed E-state index contributed by atoms with van der Waals surface area (Å²) in [5, 5.41) is 22.6. The molecule has 40 heavy (non-hydrogen) atoms. The molecule has 11 nitrogen and oxygen atoms in total. The molecule has 2 atom stereocenters. The highest BCUT2D eigenvalue weighted by atomic mass is 32.2. The summed E-state index contributed by atoms with van der Waals surface area (Å²) >= 11 is 0. The second-order valence-corrected chi connectivity index (χ2v) is 13.1. The average Bonchev–Trinajstić information content (AvgIpc) is 3.48. The molecule has 214 valence electrons. The third-order valence-electron chi connectivity index (χ3n) is 8.44. The van der Waals surface area contributed by atoms with Crippen LogP contribution in [0.15, 0.2) is 28.7 Å². The zero-order valence-electron chi connectivity index (χ0n) is 22.5. The lowest BCUT2D eigenvalue weighted by atomic mass is 9.92. The molecule has 2 saturated heterocycles. The van der Waals surface area contributed by atoms with Crippen molar-refractivity contribution in [2.24, 2.45) is 10.6 Å². The van der Waals surface area contributed by atoms with Gasteiger partial charge in [-0.25, -0.2) is 27.9 Å². The Kier molecular flexibility index (Phi) is 6.99. The van der Waals surface area contributed by atoms with Crippen molar-refractivity contribution in [2.75, 3.05) is 42.6 Å². The molecule has 0 bridgehead atoms. The van der Waals surface area contributed by atoms with Crippen LogP contribution >= 0.6 is 0 Å². The topological polar surface area (TPSA) is 152 Å². The van der Waals surface area contributed by atoms with Gasteiger partial charge in [-0.15, -0.1) is 10.2 Å². The molecular formula is C27H34FN7O4S. The fourth-order valence-corrected chi connectivity index (χ4v) is 6.57. The van der Waals surface area contributed by atoms with E-state index in [0.29, 0.717) is 46.8 Å². The van der Waals surface area contributed by atoms with Crippen LogP contribution in [0.2, 0.25) is 0 Å². The molecule has 3 fully saturated rings. The summed E-state index contributed by atoms with van der Waals surface area (Å²) in [6.07, 6.45) is 4.98. The minimum absolute atomic E-state index is 0.207. The number of aliphatic hydroxyl groups excluding tert-OH is 1. The van der Waals surface area contributed by atoms with E-state index < -0.39 is 28.1 Å². The Labute approximate surface area is 232 Å². The molecule has 3 aromatic rings. The van der Waals surface area contributed by atoms with Gasteiger partial charge in [-0.1, -0.05) is 6.07 Å². The van der Waals surface area contributed by atoms with Crippen molar-refractivity contribution in [3.8, 4) is 23.0 Å². The first-order valence-corrected chi connectivity index (χ1v) is 15.4. The number of nitrogens with two attached hydrogens (primary N) is 1. The maximum atomic E-state index is 14.0. The zero-order chi connectivity index (χ0) is 28.1. The van der Waals surface area contributed by atoms with Crippen molar-refractivity contribution in [3.63, 3.8) is 0 Å². The molecule has 6 rings (SSSR count). The molecule has 0 amide bonds. The number of primary sulfonamides is 1. The smallest absolute Gasteiger partial charge is 0.266 e. The van der Waals surface area contributed by atoms with E-state index in [2.05, 4.69) is 25.1 Å². The van der Waals surface area contributed by atoms with Crippen molar-refractivity contribution >= 4 is 21.7 Å². The molecule has 13 heteroatoms. The highest BCUT2D eigenvalue weighted by molar-refractivity contribution is 7.89. The summed E-state index contributed by atoms with van der Waals surface area (Å²) < 4.78 is 44.5. The maximum absolute atomic E-state index is 14.0. The maximum Gasteiger partial charge on any atom is 0.266 e. The third kappa shape index (κ3) is 5.41. The van der Waals surface area contributed by atoms with Crippen LogP contribution in [0.1, 0.15) is 55.0 Å². The van der Waals surface area contributed by atoms with Gasteiger partial charge in [0, 0.05) is 31.0 Å². The van der Waals surface area contributed by atoms with Crippen LogP contribution in [0.4, 0.5) is 16.0 Å². The second-order valence-electron chi connectivity index (χ2n) is 11.3. The summed E-state index contributed by atoms with van der Waals surface area (Å²) in [4.78, 5) is 13.2. The first-order chi connectivity index (χ1) is 19.1. The number of nitrogens with zero attached hydrogens (tertiary/aromatic N) is 6. The van der Waals surface area contributed by atoms with E-state index in [9.17, 15) is 17.9 Å². The molecule has 0 radical (unpaired) electrons. The summed E-state index contributed by atoms with van der Waals surface area (Å²) in [6, 6.07) is 6.87. The van der Waals surface area contributed by atoms with Crippen molar-refractivity contribution in [3.05, 3.63) is 35.5 Å². The van der Waals surface area contributed by atoms with Crippen LogP contribution < -0.4 is 14.9 Å². The lowest BCUT2D eigenvalue weighted by molar-refractivity contribution is 0.285. The van der Waals surface area contributed by atoms with Crippen molar-refractivity contribution < 1.29 is 22.3 Å². The minimum atomic E-state index is -4.02. The van der Waals surface area contributed by atoms with E-state index in [1.165, 1.54) is 12.8 Å². The molecule has 2 aromatic heterocycles. The summed E-state index contributed by atoms with van der Waals surface area (Å²) in [5.41, 5.74) is 3.41. The van der Waals surface area contributed by atoms with Crippen molar-refractivity contribution in [2.45, 2.75) is 56.9 Å². The standard InChI is InChI=1S/C27H34FN7O4S/c1-17-13-21(31-26(30-17)35-10-2-3-19(28)15-35)25-33-32-24(39-25)20-5-4-18(23(16-36)40(29,37)38)14-22(20)34-11-8-27(6-7-27)9-12-34/h4-5,13-14,19,23,36H,2-3,6-12,15-16H2,1H3,(H2,29,37,38). The van der Waals surface area contributed by atoms with Gasteiger partial charge in [0.2, 0.25) is 21.9 Å². The van der Waals surface area contributed by atoms with E-state index >= 15 is 0 Å². The number of benzene rings is 1. The SMILES string of the molecule is Cc1cc(-c2nnc(-c3ccc(C(CO)S(N)(=O)=O)cc3N3CCC4(CC3)CC4)o2)nc(N2CCCC(F)C2)n1. The van der Waals surface area contributed by atoms with Gasteiger partial charge >= 0.3 is 0 Å². The first kappa shape index (κ1) is 27.0. The Hall–Kier alpha value is -3.16. The van der Waals surface area contributed by atoms with Crippen molar-refractivity contribution in [1.29, 1.82) is 0 Å². The average molecular weight is 572 g/mol. The van der Waals surface area contributed by atoms with E-state index in [4.69, 9.17) is 9.56 Å². The fraction of sp³-hybridized carbons (Fsp3) is 0.556. The molecular weight excluding hydrogens is 537 g/mol. The van der Waals surface area contributed by atoms with E-state index in [0.717, 1.165) is 38.0 Å². The molecule has 4 heterocycles. The number of aryl methyl sites for hydroxylation is 1. The van der Waals surface area contributed by atoms with Gasteiger partial charge in [0.05, 0.1) is 18.7 Å². The lowest BCUT2D eigenvalue weighted by Crippen LogP contribution is -2.37. The quantitative estimate of drug-likeness (QED) is 0.433. The van der Waals surface area contributed by atoms with Crippen LogP contribution in [-0.4, -0.2) is 72.6 Å². The molecule has 1 spiro atoms. The van der Waals surface area contributed by atoms with Gasteiger partial charge < -0.3 is 19.3 Å². The van der Waals surface area contributed by atoms with Crippen LogP contribution in [-0.2, 0) is 10.0 Å². The Balaban J connectivity index is 1.35. The van der Waals surface area contributed by atoms with Crippen molar-refractivity contribution in [1.82, 2.24) is 20.2 Å². The second kappa shape index (κ2) is 10.3. The van der Waals surface area contributed by atoms with Gasteiger partial charge in [0.15, 0.2) is 0 Å². The Morgan fingerprint density at radius 3 is 2.52 bits per heavy atom. The Bertz CT molecular complexity index is 1500. The number of aromatic nitrogens is 4. The van der Waals surface area contributed by atoms with Gasteiger partial charge in [-0.05, 0) is 74.6 Å². The first-order valence-electron chi connectivity index (χ1n) is 13.7. The third-order valence-corrected chi connectivity index (χ3v) is 9.66. The number of halogens is 1. The Morgan fingerprint density at radius 2 is 1.85 bits per heavy atom. The summed E-state index contributed by atoms with van der Waals surface area (Å²) in [6.45, 7) is 3.77. The molecule has 1 aliphatic carbocycles. The summed E-state index contributed by atoms with van der Waals surface area (Å²) in [5.74, 6) is 0.903. The van der Waals surface area contributed by atoms with Gasteiger partial charge in [0.25, 0.3) is 5.89 Å². The molecule has 1 aromatic carbocycles. The molecule has 3 N–H and O–H groups in total. The van der Waals surface area contributed by atoms with Crippen LogP contribution in [0.3, 0.4) is 0 Å². The normalized spacial score (nSPS) is 21.6. The molecule has 1 saturated carbocycles. The van der Waals surface area contributed by atoms with E-state index in [1.54, 1.807) is 24.3 Å². The predicted octanol–water partition coefficient (Wildman–Crippen LogP) is 3.14. The van der Waals surface area contributed by atoms with Crippen LogP contribution in [0, 0.1) is 12.3 Å².